The number of phenols is 1. The van der Waals surface area contributed by atoms with E-state index in [2.05, 4.69) is 21.3 Å². The molecule has 3 unspecified atom stereocenters. The number of amides is 4. The minimum Gasteiger partial charge on any atom is -0.508 e. The number of hydrogen-bond acceptors (Lipinski definition) is 7. The molecule has 0 aliphatic rings. The molecule has 2 rings (SSSR count). The predicted octanol–water partition coefficient (Wildman–Crippen LogP) is -1.19. The highest BCUT2D eigenvalue weighted by atomic mass is 16.4. The Kier molecular flexibility index (Phi) is 11.0. The number of hydrogen-bond donors (Lipinski definition) is 7. The number of aromatic hydroxyl groups is 1. The Labute approximate surface area is 213 Å². The van der Waals surface area contributed by atoms with E-state index in [4.69, 9.17) is 10.8 Å². The summed E-state index contributed by atoms with van der Waals surface area (Å²) in [5.41, 5.74) is 7.37. The summed E-state index contributed by atoms with van der Waals surface area (Å²) in [6.45, 7) is 0.342. The smallest absolute Gasteiger partial charge is 0.322 e. The number of phenolic OH excluding ortho intramolecular Hbond substituents is 1. The zero-order chi connectivity index (χ0) is 27.4. The van der Waals surface area contributed by atoms with E-state index in [1.54, 1.807) is 42.5 Å². The van der Waals surface area contributed by atoms with Crippen LogP contribution in [0.4, 0.5) is 0 Å². The van der Waals surface area contributed by atoms with Crippen LogP contribution in [0, 0.1) is 0 Å². The lowest BCUT2D eigenvalue weighted by atomic mass is 10.1. The van der Waals surface area contributed by atoms with Crippen molar-refractivity contribution < 1.29 is 34.2 Å². The standard InChI is InChI=1S/C25H31N5O7/c1-15(29-24(36)19(26)11-17-7-9-18(31)10-8-17)23(35)27-13-21(32)30-20(25(37)28-14-22(33)34)12-16-5-3-2-4-6-16/h2-10,15,19-20,31H,11-14,26H2,1H3,(H,27,35)(H,28,37)(H,29,36)(H,30,32)(H,33,34). The zero-order valence-electron chi connectivity index (χ0n) is 20.3. The number of rotatable bonds is 13. The molecular weight excluding hydrogens is 482 g/mol. The van der Waals surface area contributed by atoms with E-state index in [0.717, 1.165) is 11.1 Å². The fourth-order valence-corrected chi connectivity index (χ4v) is 3.28. The van der Waals surface area contributed by atoms with Gasteiger partial charge < -0.3 is 37.2 Å². The molecule has 37 heavy (non-hydrogen) atoms. The van der Waals surface area contributed by atoms with Crippen molar-refractivity contribution in [2.24, 2.45) is 5.73 Å². The first-order valence-corrected chi connectivity index (χ1v) is 11.5. The lowest BCUT2D eigenvalue weighted by Gasteiger charge is -2.20. The summed E-state index contributed by atoms with van der Waals surface area (Å²) >= 11 is 0. The predicted molar refractivity (Wildman–Crippen MR) is 133 cm³/mol. The van der Waals surface area contributed by atoms with Crippen LogP contribution in [0.3, 0.4) is 0 Å². The molecule has 2 aromatic rings. The van der Waals surface area contributed by atoms with Crippen molar-refractivity contribution in [3.8, 4) is 5.75 Å². The number of nitrogens with two attached hydrogens (primary N) is 1. The Bertz CT molecular complexity index is 1090. The average molecular weight is 514 g/mol. The number of carboxylic acid groups (broad SMARTS) is 1. The summed E-state index contributed by atoms with van der Waals surface area (Å²) < 4.78 is 0. The fraction of sp³-hybridized carbons (Fsp3) is 0.320. The second-order valence-corrected chi connectivity index (χ2v) is 8.35. The molecule has 0 bridgehead atoms. The van der Waals surface area contributed by atoms with Gasteiger partial charge in [-0.15, -0.1) is 0 Å². The molecule has 0 aliphatic heterocycles. The average Bonchev–Trinajstić information content (AvgIpc) is 2.87. The number of carboxylic acids is 1. The molecular formula is C25H31N5O7. The molecule has 0 spiro atoms. The van der Waals surface area contributed by atoms with Crippen molar-refractivity contribution in [1.29, 1.82) is 0 Å². The maximum atomic E-state index is 12.4. The van der Waals surface area contributed by atoms with Crippen LogP contribution >= 0.6 is 0 Å². The highest BCUT2D eigenvalue weighted by molar-refractivity contribution is 5.93. The van der Waals surface area contributed by atoms with Crippen LogP contribution in [0.1, 0.15) is 18.1 Å². The first kappa shape index (κ1) is 28.8. The quantitative estimate of drug-likeness (QED) is 0.173. The second kappa shape index (κ2) is 14.2. The van der Waals surface area contributed by atoms with Crippen molar-refractivity contribution in [3.63, 3.8) is 0 Å². The van der Waals surface area contributed by atoms with E-state index < -0.39 is 60.8 Å². The normalized spacial score (nSPS) is 12.9. The summed E-state index contributed by atoms with van der Waals surface area (Å²) in [6.07, 6.45) is 0.299. The van der Waals surface area contributed by atoms with Gasteiger partial charge in [0.2, 0.25) is 23.6 Å². The van der Waals surface area contributed by atoms with E-state index in [-0.39, 0.29) is 18.6 Å². The SMILES string of the molecule is CC(NC(=O)C(N)Cc1ccc(O)cc1)C(=O)NCC(=O)NC(Cc1ccccc1)C(=O)NCC(=O)O. The first-order valence-electron chi connectivity index (χ1n) is 11.5. The van der Waals surface area contributed by atoms with Gasteiger partial charge in [-0.05, 0) is 36.6 Å². The highest BCUT2D eigenvalue weighted by Crippen LogP contribution is 2.11. The van der Waals surface area contributed by atoms with Crippen molar-refractivity contribution in [3.05, 3.63) is 65.7 Å². The van der Waals surface area contributed by atoms with Gasteiger partial charge in [0.25, 0.3) is 0 Å². The van der Waals surface area contributed by atoms with Crippen LogP contribution in [-0.2, 0) is 36.8 Å². The molecule has 12 heteroatoms. The van der Waals surface area contributed by atoms with Gasteiger partial charge in [0.05, 0.1) is 12.6 Å². The molecule has 2 aromatic carbocycles. The van der Waals surface area contributed by atoms with E-state index in [1.807, 2.05) is 0 Å². The van der Waals surface area contributed by atoms with Gasteiger partial charge in [0.1, 0.15) is 24.4 Å². The summed E-state index contributed by atoms with van der Waals surface area (Å²) in [7, 11) is 0. The van der Waals surface area contributed by atoms with E-state index in [9.17, 15) is 29.1 Å². The minimum absolute atomic E-state index is 0.0865. The molecule has 0 heterocycles. The summed E-state index contributed by atoms with van der Waals surface area (Å²) in [5.74, 6) is -3.72. The Morgan fingerprint density at radius 2 is 1.38 bits per heavy atom. The molecule has 0 fully saturated rings. The molecule has 0 radical (unpaired) electrons. The van der Waals surface area contributed by atoms with Gasteiger partial charge in [-0.2, -0.15) is 0 Å². The van der Waals surface area contributed by atoms with Gasteiger partial charge in [-0.3, -0.25) is 24.0 Å². The Morgan fingerprint density at radius 1 is 0.784 bits per heavy atom. The third-order valence-corrected chi connectivity index (χ3v) is 5.25. The number of nitrogens with one attached hydrogen (secondary N) is 4. The minimum atomic E-state index is -1.23. The topological polar surface area (TPSA) is 200 Å². The van der Waals surface area contributed by atoms with Gasteiger partial charge in [-0.25, -0.2) is 0 Å². The molecule has 8 N–H and O–H groups in total. The van der Waals surface area contributed by atoms with Crippen LogP contribution in [0.15, 0.2) is 54.6 Å². The monoisotopic (exact) mass is 513 g/mol. The second-order valence-electron chi connectivity index (χ2n) is 8.35. The first-order chi connectivity index (χ1) is 17.5. The van der Waals surface area contributed by atoms with Gasteiger partial charge in [0, 0.05) is 6.42 Å². The van der Waals surface area contributed by atoms with E-state index >= 15 is 0 Å². The fourth-order valence-electron chi connectivity index (χ4n) is 3.28. The van der Waals surface area contributed by atoms with Crippen molar-refractivity contribution in [2.75, 3.05) is 13.1 Å². The molecule has 3 atom stereocenters. The van der Waals surface area contributed by atoms with Crippen LogP contribution in [-0.4, -0.2) is 71.0 Å². The van der Waals surface area contributed by atoms with Crippen LogP contribution in [0.2, 0.25) is 0 Å². The van der Waals surface area contributed by atoms with E-state index in [0.29, 0.717) is 0 Å². The summed E-state index contributed by atoms with van der Waals surface area (Å²) in [4.78, 5) is 60.3. The van der Waals surface area contributed by atoms with Crippen molar-refractivity contribution in [2.45, 2.75) is 37.9 Å². The van der Waals surface area contributed by atoms with Crippen molar-refractivity contribution in [1.82, 2.24) is 21.3 Å². The van der Waals surface area contributed by atoms with E-state index in [1.165, 1.54) is 19.1 Å². The van der Waals surface area contributed by atoms with Crippen LogP contribution in [0.5, 0.6) is 5.75 Å². The molecule has 198 valence electrons. The van der Waals surface area contributed by atoms with Gasteiger partial charge in [-0.1, -0.05) is 42.5 Å². The number of aliphatic carboxylic acids is 1. The molecule has 0 aromatic heterocycles. The number of benzene rings is 2. The molecule has 0 saturated heterocycles. The number of carbonyl (C=O) groups is 5. The molecule has 0 saturated carbocycles. The maximum absolute atomic E-state index is 12.4. The zero-order valence-corrected chi connectivity index (χ0v) is 20.3. The van der Waals surface area contributed by atoms with Crippen LogP contribution in [0.25, 0.3) is 0 Å². The number of carbonyl (C=O) groups excluding carboxylic acids is 4. The Morgan fingerprint density at radius 3 is 2.00 bits per heavy atom. The highest BCUT2D eigenvalue weighted by Gasteiger charge is 2.24. The Hall–Kier alpha value is -4.45. The molecule has 4 amide bonds. The maximum Gasteiger partial charge on any atom is 0.322 e. The lowest BCUT2D eigenvalue weighted by Crippen LogP contribution is -2.54. The third-order valence-electron chi connectivity index (χ3n) is 5.25. The van der Waals surface area contributed by atoms with Crippen LogP contribution < -0.4 is 27.0 Å². The van der Waals surface area contributed by atoms with Crippen molar-refractivity contribution >= 4 is 29.6 Å². The summed E-state index contributed by atoms with van der Waals surface area (Å²) in [6, 6.07) is 12.0. The Balaban J connectivity index is 1.85. The molecule has 12 nitrogen and oxygen atoms in total. The lowest BCUT2D eigenvalue weighted by molar-refractivity contribution is -0.138. The van der Waals surface area contributed by atoms with Gasteiger partial charge in [0.15, 0.2) is 0 Å². The molecule has 0 aliphatic carbocycles. The summed E-state index contributed by atoms with van der Waals surface area (Å²) in [5, 5.41) is 27.7. The third kappa shape index (κ3) is 10.4. The van der Waals surface area contributed by atoms with Gasteiger partial charge >= 0.3 is 5.97 Å². The largest absolute Gasteiger partial charge is 0.508 e.